The summed E-state index contributed by atoms with van der Waals surface area (Å²) in [4.78, 5) is 45.9. The van der Waals surface area contributed by atoms with Crippen molar-refractivity contribution < 1.29 is 47.5 Å². The fourth-order valence-corrected chi connectivity index (χ4v) is 6.37. The van der Waals surface area contributed by atoms with Gasteiger partial charge in [-0.3, -0.25) is 23.4 Å². The summed E-state index contributed by atoms with van der Waals surface area (Å²) in [6.45, 7) is 2.73. The second-order valence-electron chi connectivity index (χ2n) is 14.5. The summed E-state index contributed by atoms with van der Waals surface area (Å²) in [6.07, 6.45) is 43.1. The molecular weight excluding hydrogens is 733 g/mol. The molecule has 0 bridgehead atoms. The van der Waals surface area contributed by atoms with Crippen LogP contribution >= 0.6 is 7.82 Å². The van der Waals surface area contributed by atoms with Crippen molar-refractivity contribution in [1.82, 2.24) is 0 Å². The minimum absolute atomic E-state index is 0.133. The molecule has 0 heterocycles. The van der Waals surface area contributed by atoms with Crippen LogP contribution in [0.2, 0.25) is 0 Å². The summed E-state index contributed by atoms with van der Waals surface area (Å²) in [5.41, 5.74) is 5.33. The smallest absolute Gasteiger partial charge is 0.472 e. The van der Waals surface area contributed by atoms with E-state index in [0.717, 1.165) is 83.5 Å². The number of unbranched alkanes of at least 4 members (excludes halogenated alkanes) is 18. The topological polar surface area (TPSA) is 172 Å². The lowest BCUT2D eigenvalue weighted by Gasteiger charge is -2.20. The SMILES string of the molecule is CCCCCC=CCC=CCC=CCCCCCCC(=O)OC(COC(=O)CCCCCCCC=CCCCCCCCC)COP(=O)(O)OCC(N)C(=O)O. The average Bonchev–Trinajstić information content (AvgIpc) is 3.17. The van der Waals surface area contributed by atoms with Crippen LogP contribution in [0.15, 0.2) is 48.6 Å². The number of ether oxygens (including phenoxy) is 2. The zero-order valence-corrected chi connectivity index (χ0v) is 35.9. The molecule has 3 atom stereocenters. The molecule has 0 amide bonds. The highest BCUT2D eigenvalue weighted by atomic mass is 31.2. The number of carbonyl (C=O) groups is 3. The Bertz CT molecular complexity index is 1140. The van der Waals surface area contributed by atoms with E-state index in [0.29, 0.717) is 12.8 Å². The zero-order chi connectivity index (χ0) is 41.4. The van der Waals surface area contributed by atoms with E-state index in [1.54, 1.807) is 0 Å². The van der Waals surface area contributed by atoms with Crippen molar-refractivity contribution in [2.24, 2.45) is 5.73 Å². The molecule has 0 aliphatic carbocycles. The summed E-state index contributed by atoms with van der Waals surface area (Å²) in [7, 11) is -4.72. The van der Waals surface area contributed by atoms with Crippen molar-refractivity contribution in [3.63, 3.8) is 0 Å². The van der Waals surface area contributed by atoms with Gasteiger partial charge >= 0.3 is 25.7 Å². The van der Waals surface area contributed by atoms with Crippen molar-refractivity contribution in [3.8, 4) is 0 Å². The van der Waals surface area contributed by atoms with Crippen LogP contribution in [0, 0.1) is 0 Å². The lowest BCUT2D eigenvalue weighted by atomic mass is 10.1. The van der Waals surface area contributed by atoms with E-state index in [9.17, 15) is 23.8 Å². The maximum absolute atomic E-state index is 12.6. The number of carboxylic acids is 1. The van der Waals surface area contributed by atoms with Gasteiger partial charge in [0, 0.05) is 12.8 Å². The highest BCUT2D eigenvalue weighted by Crippen LogP contribution is 2.43. The van der Waals surface area contributed by atoms with Gasteiger partial charge in [-0.2, -0.15) is 0 Å². The maximum Gasteiger partial charge on any atom is 0.472 e. The molecule has 0 radical (unpaired) electrons. The van der Waals surface area contributed by atoms with Crippen LogP contribution in [0.5, 0.6) is 0 Å². The quantitative estimate of drug-likeness (QED) is 0.0233. The molecule has 0 aromatic rings. The van der Waals surface area contributed by atoms with E-state index < -0.39 is 51.1 Å². The van der Waals surface area contributed by atoms with Gasteiger partial charge in [0.15, 0.2) is 6.10 Å². The Morgan fingerprint density at radius 2 is 0.946 bits per heavy atom. The van der Waals surface area contributed by atoms with E-state index >= 15 is 0 Å². The third-order valence-corrected chi connectivity index (χ3v) is 10.0. The molecule has 324 valence electrons. The van der Waals surface area contributed by atoms with Gasteiger partial charge in [0.2, 0.25) is 0 Å². The molecule has 3 unspecified atom stereocenters. The first-order chi connectivity index (χ1) is 27.1. The number of aliphatic carboxylic acids is 1. The highest BCUT2D eigenvalue weighted by Gasteiger charge is 2.28. The van der Waals surface area contributed by atoms with Crippen LogP contribution in [0.25, 0.3) is 0 Å². The first-order valence-electron chi connectivity index (χ1n) is 21.7. The number of hydrogen-bond acceptors (Lipinski definition) is 9. The van der Waals surface area contributed by atoms with E-state index in [4.69, 9.17) is 24.8 Å². The number of hydrogen-bond donors (Lipinski definition) is 3. The normalized spacial score (nSPS) is 14.2. The maximum atomic E-state index is 12.6. The molecule has 0 aliphatic heterocycles. The molecule has 0 saturated carbocycles. The zero-order valence-electron chi connectivity index (χ0n) is 35.0. The van der Waals surface area contributed by atoms with Crippen molar-refractivity contribution in [3.05, 3.63) is 48.6 Å². The standard InChI is InChI=1S/C44H78NO10P/c1-3-5-7-9-11-13-15-17-19-20-22-24-26-28-30-32-34-36-43(47)55-40(38-53-56(50,51)54-39-41(45)44(48)49)37-52-42(46)35-33-31-29-27-25-23-21-18-16-14-12-10-8-6-4-2/h11,13,17-19,21-22,24,40-41H,3-10,12,14-16,20,23,25-39,45H2,1-2H3,(H,48,49)(H,50,51). The van der Waals surface area contributed by atoms with E-state index in [1.807, 2.05) is 0 Å². The number of esters is 2. The fourth-order valence-electron chi connectivity index (χ4n) is 5.59. The average molecular weight is 812 g/mol. The molecule has 56 heavy (non-hydrogen) atoms. The van der Waals surface area contributed by atoms with Gasteiger partial charge in [0.05, 0.1) is 13.2 Å². The van der Waals surface area contributed by atoms with Crippen LogP contribution in [0.1, 0.15) is 181 Å². The molecule has 0 rings (SSSR count). The molecule has 0 aromatic heterocycles. The fraction of sp³-hybridized carbons (Fsp3) is 0.750. The minimum atomic E-state index is -4.72. The summed E-state index contributed by atoms with van der Waals surface area (Å²) >= 11 is 0. The highest BCUT2D eigenvalue weighted by molar-refractivity contribution is 7.47. The lowest BCUT2D eigenvalue weighted by molar-refractivity contribution is -0.161. The Labute approximate surface area is 339 Å². The molecule has 0 aliphatic rings. The second-order valence-corrected chi connectivity index (χ2v) is 15.9. The third kappa shape index (κ3) is 38.3. The van der Waals surface area contributed by atoms with Crippen molar-refractivity contribution in [2.45, 2.75) is 193 Å². The summed E-state index contributed by atoms with van der Waals surface area (Å²) in [5, 5.41) is 8.88. The van der Waals surface area contributed by atoms with Gasteiger partial charge in [-0.25, -0.2) is 4.57 Å². The number of phosphoric acid groups is 1. The van der Waals surface area contributed by atoms with E-state index in [2.05, 4.69) is 67.0 Å². The van der Waals surface area contributed by atoms with Crippen molar-refractivity contribution in [2.75, 3.05) is 19.8 Å². The Morgan fingerprint density at radius 3 is 1.46 bits per heavy atom. The third-order valence-electron chi connectivity index (χ3n) is 9.05. The number of carboxylic acid groups (broad SMARTS) is 1. The lowest BCUT2D eigenvalue weighted by Crippen LogP contribution is -2.34. The molecule has 12 heteroatoms. The van der Waals surface area contributed by atoms with E-state index in [1.165, 1.54) is 57.8 Å². The first kappa shape index (κ1) is 53.4. The van der Waals surface area contributed by atoms with Crippen LogP contribution in [-0.4, -0.2) is 59.9 Å². The largest absolute Gasteiger partial charge is 0.480 e. The van der Waals surface area contributed by atoms with Gasteiger partial charge in [0.1, 0.15) is 12.6 Å². The van der Waals surface area contributed by atoms with Crippen molar-refractivity contribution >= 4 is 25.7 Å². The van der Waals surface area contributed by atoms with Crippen LogP contribution in [0.3, 0.4) is 0 Å². The van der Waals surface area contributed by atoms with Crippen LogP contribution in [0.4, 0.5) is 0 Å². The van der Waals surface area contributed by atoms with Crippen LogP contribution < -0.4 is 5.73 Å². The molecule has 11 nitrogen and oxygen atoms in total. The number of allylic oxidation sites excluding steroid dienone is 8. The Morgan fingerprint density at radius 1 is 0.554 bits per heavy atom. The van der Waals surface area contributed by atoms with Crippen molar-refractivity contribution in [1.29, 1.82) is 0 Å². The van der Waals surface area contributed by atoms with Gasteiger partial charge < -0.3 is 25.2 Å². The number of carbonyl (C=O) groups excluding carboxylic acids is 2. The number of nitrogens with two attached hydrogens (primary N) is 1. The Hall–Kier alpha value is -2.56. The Kier molecular flexibility index (Phi) is 37.5. The van der Waals surface area contributed by atoms with Gasteiger partial charge in [-0.15, -0.1) is 0 Å². The summed E-state index contributed by atoms with van der Waals surface area (Å²) in [6, 6.07) is -1.53. The molecule has 0 saturated heterocycles. The van der Waals surface area contributed by atoms with Gasteiger partial charge in [-0.05, 0) is 77.0 Å². The predicted octanol–water partition coefficient (Wildman–Crippen LogP) is 11.4. The molecule has 0 aromatic carbocycles. The Balaban J connectivity index is 4.43. The molecule has 0 spiro atoms. The van der Waals surface area contributed by atoms with Gasteiger partial charge in [-0.1, -0.05) is 140 Å². The second kappa shape index (κ2) is 39.3. The first-order valence-corrected chi connectivity index (χ1v) is 23.2. The van der Waals surface area contributed by atoms with Crippen LogP contribution in [-0.2, 0) is 37.5 Å². The summed E-state index contributed by atoms with van der Waals surface area (Å²) in [5.74, 6) is -2.42. The van der Waals surface area contributed by atoms with Gasteiger partial charge in [0.25, 0.3) is 0 Å². The minimum Gasteiger partial charge on any atom is -0.480 e. The number of phosphoric ester groups is 1. The van der Waals surface area contributed by atoms with E-state index in [-0.39, 0.29) is 19.4 Å². The molecular formula is C44H78NO10P. The molecule has 4 N–H and O–H groups in total. The summed E-state index contributed by atoms with van der Waals surface area (Å²) < 4.78 is 32.7. The predicted molar refractivity (Wildman–Crippen MR) is 226 cm³/mol. The molecule has 0 fully saturated rings. The number of rotatable bonds is 40. The monoisotopic (exact) mass is 812 g/mol.